The molecule has 0 atom stereocenters. The normalized spacial score (nSPS) is 21.1. The summed E-state index contributed by atoms with van der Waals surface area (Å²) in [5.41, 5.74) is 0.495. The molecule has 1 fully saturated rings. The van der Waals surface area contributed by atoms with Crippen molar-refractivity contribution in [1.29, 1.82) is 0 Å². The summed E-state index contributed by atoms with van der Waals surface area (Å²) in [5, 5.41) is 2.86. The largest absolute Gasteiger partial charge is 0.444 e. The first-order valence-corrected chi connectivity index (χ1v) is 7.63. The van der Waals surface area contributed by atoms with Crippen molar-refractivity contribution >= 4 is 6.09 Å². The molecular weight excluding hydrogens is 285 g/mol. The molecular formula is C17H24FNO3. The number of carbonyl (C=O) groups is 1. The van der Waals surface area contributed by atoms with Gasteiger partial charge >= 0.3 is 6.09 Å². The minimum Gasteiger partial charge on any atom is -0.444 e. The lowest BCUT2D eigenvalue weighted by atomic mass is 9.81. The highest BCUT2D eigenvalue weighted by Gasteiger charge is 2.31. The molecule has 0 heterocycles. The summed E-state index contributed by atoms with van der Waals surface area (Å²) in [5.74, 6) is 0.221. The Bertz CT molecular complexity index is 490. The molecule has 0 spiro atoms. The third-order valence-electron chi connectivity index (χ3n) is 3.49. The second-order valence-electron chi connectivity index (χ2n) is 6.82. The Morgan fingerprint density at radius 2 is 1.91 bits per heavy atom. The van der Waals surface area contributed by atoms with Crippen LogP contribution in [0.1, 0.15) is 39.2 Å². The molecule has 0 bridgehead atoms. The van der Waals surface area contributed by atoms with Gasteiger partial charge in [-0.1, -0.05) is 12.1 Å². The average Bonchev–Trinajstić information content (AvgIpc) is 2.35. The number of ether oxygens (including phenoxy) is 2. The van der Waals surface area contributed by atoms with Crippen LogP contribution in [-0.2, 0) is 16.1 Å². The van der Waals surface area contributed by atoms with Crippen LogP contribution in [0.4, 0.5) is 9.18 Å². The molecule has 22 heavy (non-hydrogen) atoms. The van der Waals surface area contributed by atoms with Crippen molar-refractivity contribution in [3.05, 3.63) is 35.6 Å². The van der Waals surface area contributed by atoms with E-state index in [9.17, 15) is 9.18 Å². The van der Waals surface area contributed by atoms with Crippen LogP contribution >= 0.6 is 0 Å². The van der Waals surface area contributed by atoms with Gasteiger partial charge in [0.2, 0.25) is 0 Å². The topological polar surface area (TPSA) is 47.6 Å². The van der Waals surface area contributed by atoms with Crippen molar-refractivity contribution in [1.82, 2.24) is 5.32 Å². The Kier molecular flexibility index (Phi) is 5.40. The van der Waals surface area contributed by atoms with Crippen LogP contribution < -0.4 is 5.32 Å². The molecule has 2 rings (SSSR count). The Labute approximate surface area is 131 Å². The molecule has 122 valence electrons. The molecule has 0 radical (unpaired) electrons. The lowest BCUT2D eigenvalue weighted by Gasteiger charge is -2.36. The van der Waals surface area contributed by atoms with Gasteiger partial charge < -0.3 is 14.8 Å². The molecule has 5 heteroatoms. The molecule has 0 saturated heterocycles. The van der Waals surface area contributed by atoms with Crippen LogP contribution in [0.2, 0.25) is 0 Å². The van der Waals surface area contributed by atoms with Gasteiger partial charge in [0.1, 0.15) is 11.4 Å². The lowest BCUT2D eigenvalue weighted by molar-refractivity contribution is 0.0282. The maximum Gasteiger partial charge on any atom is 0.407 e. The van der Waals surface area contributed by atoms with Crippen molar-refractivity contribution in [2.75, 3.05) is 6.61 Å². The van der Waals surface area contributed by atoms with Crippen LogP contribution in [0.5, 0.6) is 0 Å². The Morgan fingerprint density at radius 3 is 2.50 bits per heavy atom. The zero-order valence-electron chi connectivity index (χ0n) is 13.4. The number of rotatable bonds is 5. The fourth-order valence-electron chi connectivity index (χ4n) is 2.39. The van der Waals surface area contributed by atoms with Gasteiger partial charge in [-0.05, 0) is 57.2 Å². The van der Waals surface area contributed by atoms with E-state index in [1.165, 1.54) is 12.1 Å². The van der Waals surface area contributed by atoms with E-state index in [1.54, 1.807) is 12.1 Å². The van der Waals surface area contributed by atoms with E-state index >= 15 is 0 Å². The second kappa shape index (κ2) is 7.09. The summed E-state index contributed by atoms with van der Waals surface area (Å²) >= 11 is 0. The molecule has 1 saturated carbocycles. The standard InChI is InChI=1S/C17H24FNO3/c1-17(2,3)22-16(20)19-15-8-13(9-15)11-21-10-12-4-6-14(18)7-5-12/h4-7,13,15H,8-11H2,1-3H3,(H,19,20). The first-order chi connectivity index (χ1) is 10.3. The van der Waals surface area contributed by atoms with Crippen LogP contribution in [0.25, 0.3) is 0 Å². The molecule has 1 aliphatic rings. The van der Waals surface area contributed by atoms with Gasteiger partial charge in [0.25, 0.3) is 0 Å². The molecule has 1 amide bonds. The highest BCUT2D eigenvalue weighted by atomic mass is 19.1. The van der Waals surface area contributed by atoms with Crippen molar-refractivity contribution in [2.24, 2.45) is 5.92 Å². The number of hydrogen-bond acceptors (Lipinski definition) is 3. The molecule has 0 aromatic heterocycles. The summed E-state index contributed by atoms with van der Waals surface area (Å²) in [6.07, 6.45) is 1.45. The minimum absolute atomic E-state index is 0.175. The fourth-order valence-corrected chi connectivity index (χ4v) is 2.39. The SMILES string of the molecule is CC(C)(C)OC(=O)NC1CC(COCc2ccc(F)cc2)C1. The molecule has 1 N–H and O–H groups in total. The van der Waals surface area contributed by atoms with E-state index < -0.39 is 5.60 Å². The number of halogens is 1. The highest BCUT2D eigenvalue weighted by molar-refractivity contribution is 5.68. The van der Waals surface area contributed by atoms with Crippen molar-refractivity contribution in [2.45, 2.75) is 51.9 Å². The molecule has 1 aromatic carbocycles. The molecule has 4 nitrogen and oxygen atoms in total. The Morgan fingerprint density at radius 1 is 1.27 bits per heavy atom. The minimum atomic E-state index is -0.467. The van der Waals surface area contributed by atoms with Gasteiger partial charge in [0.15, 0.2) is 0 Å². The van der Waals surface area contributed by atoms with E-state index in [0.29, 0.717) is 19.1 Å². The van der Waals surface area contributed by atoms with Crippen LogP contribution in [0.15, 0.2) is 24.3 Å². The van der Waals surface area contributed by atoms with Crippen LogP contribution in [-0.4, -0.2) is 24.3 Å². The van der Waals surface area contributed by atoms with E-state index in [2.05, 4.69) is 5.32 Å². The second-order valence-corrected chi connectivity index (χ2v) is 6.82. The highest BCUT2D eigenvalue weighted by Crippen LogP contribution is 2.28. The molecule has 0 unspecified atom stereocenters. The number of nitrogens with one attached hydrogen (secondary N) is 1. The summed E-state index contributed by atoms with van der Waals surface area (Å²) in [7, 11) is 0. The van der Waals surface area contributed by atoms with Gasteiger partial charge in [-0.2, -0.15) is 0 Å². The van der Waals surface area contributed by atoms with Crippen molar-refractivity contribution in [3.8, 4) is 0 Å². The lowest BCUT2D eigenvalue weighted by Crippen LogP contribution is -2.47. The number of hydrogen-bond donors (Lipinski definition) is 1. The fraction of sp³-hybridized carbons (Fsp3) is 0.588. The average molecular weight is 309 g/mol. The number of amides is 1. The molecule has 0 aliphatic heterocycles. The van der Waals surface area contributed by atoms with Gasteiger partial charge in [-0.25, -0.2) is 9.18 Å². The maximum absolute atomic E-state index is 12.8. The van der Waals surface area contributed by atoms with Gasteiger partial charge in [-0.15, -0.1) is 0 Å². The molecule has 1 aromatic rings. The van der Waals surface area contributed by atoms with Gasteiger partial charge in [0, 0.05) is 12.6 Å². The van der Waals surface area contributed by atoms with Crippen molar-refractivity contribution < 1.29 is 18.7 Å². The maximum atomic E-state index is 12.8. The van der Waals surface area contributed by atoms with E-state index in [4.69, 9.17) is 9.47 Å². The van der Waals surface area contributed by atoms with Gasteiger partial charge in [-0.3, -0.25) is 0 Å². The van der Waals surface area contributed by atoms with E-state index in [1.807, 2.05) is 20.8 Å². The molecule has 1 aliphatic carbocycles. The van der Waals surface area contributed by atoms with E-state index in [0.717, 1.165) is 18.4 Å². The first-order valence-electron chi connectivity index (χ1n) is 7.63. The summed E-state index contributed by atoms with van der Waals surface area (Å²) in [6, 6.07) is 6.49. The van der Waals surface area contributed by atoms with Crippen molar-refractivity contribution in [3.63, 3.8) is 0 Å². The predicted octanol–water partition coefficient (Wildman–Crippen LogP) is 3.65. The quantitative estimate of drug-likeness (QED) is 0.903. The predicted molar refractivity (Wildman–Crippen MR) is 81.9 cm³/mol. The van der Waals surface area contributed by atoms with Crippen LogP contribution in [0.3, 0.4) is 0 Å². The zero-order valence-corrected chi connectivity index (χ0v) is 13.4. The summed E-state index contributed by atoms with van der Waals surface area (Å²) in [4.78, 5) is 11.6. The zero-order chi connectivity index (χ0) is 16.2. The van der Waals surface area contributed by atoms with Gasteiger partial charge in [0.05, 0.1) is 6.61 Å². The number of carbonyl (C=O) groups excluding carboxylic acids is 1. The third-order valence-corrected chi connectivity index (χ3v) is 3.49. The summed E-state index contributed by atoms with van der Waals surface area (Å²) < 4.78 is 23.6. The third kappa shape index (κ3) is 5.64. The van der Waals surface area contributed by atoms with Crippen LogP contribution in [0, 0.1) is 11.7 Å². The smallest absolute Gasteiger partial charge is 0.407 e. The van der Waals surface area contributed by atoms with E-state index in [-0.39, 0.29) is 18.0 Å². The number of benzene rings is 1. The summed E-state index contributed by atoms with van der Waals surface area (Å²) in [6.45, 7) is 6.68. The Balaban J connectivity index is 1.58. The Hall–Kier alpha value is -1.62. The monoisotopic (exact) mass is 309 g/mol. The first kappa shape index (κ1) is 16.7. The number of alkyl carbamates (subject to hydrolysis) is 1.